The number of nitrogens with zero attached hydrogens (tertiary/aromatic N) is 2. The number of hydrogen-bond donors (Lipinski definition) is 2. The Morgan fingerprint density at radius 3 is 3.31 bits per heavy atom. The number of hydrogen-bond acceptors (Lipinski definition) is 5. The van der Waals surface area contributed by atoms with Gasteiger partial charge in [-0.2, -0.15) is 0 Å². The van der Waals surface area contributed by atoms with E-state index in [0.717, 1.165) is 5.52 Å². The van der Waals surface area contributed by atoms with Crippen molar-refractivity contribution in [2.75, 3.05) is 18.4 Å². The second-order valence-corrected chi connectivity index (χ2v) is 2.58. The fourth-order valence-electron chi connectivity index (χ4n) is 1.04. The quantitative estimate of drug-likeness (QED) is 0.719. The maximum Gasteiger partial charge on any atom is 0.223 e. The van der Waals surface area contributed by atoms with Crippen LogP contribution in [0.5, 0.6) is 0 Å². The Morgan fingerprint density at radius 2 is 2.46 bits per heavy atom. The van der Waals surface area contributed by atoms with E-state index in [1.807, 2.05) is 0 Å². The van der Waals surface area contributed by atoms with Gasteiger partial charge in [0.05, 0.1) is 12.5 Å². The minimum Gasteiger partial charge on any atom is -0.461 e. The maximum absolute atomic E-state index is 5.33. The molecule has 0 spiro atoms. The molecule has 2 aromatic rings. The lowest BCUT2D eigenvalue weighted by atomic mass is 10.5. The van der Waals surface area contributed by atoms with E-state index >= 15 is 0 Å². The summed E-state index contributed by atoms with van der Waals surface area (Å²) < 4.78 is 5.10. The summed E-state index contributed by atoms with van der Waals surface area (Å²) in [5.41, 5.74) is 6.83. The third-order valence-electron chi connectivity index (χ3n) is 1.63. The third kappa shape index (κ3) is 1.59. The molecule has 0 saturated carbocycles. The van der Waals surface area contributed by atoms with Gasteiger partial charge < -0.3 is 15.5 Å². The molecular formula is C8H10N4O. The van der Waals surface area contributed by atoms with Gasteiger partial charge in [0.15, 0.2) is 5.58 Å². The summed E-state index contributed by atoms with van der Waals surface area (Å²) in [5, 5.41) is 2.99. The van der Waals surface area contributed by atoms with Crippen LogP contribution in [0.4, 0.5) is 5.95 Å². The monoisotopic (exact) mass is 178 g/mol. The minimum atomic E-state index is 0.562. The Bertz CT molecular complexity index is 398. The molecule has 0 unspecified atom stereocenters. The van der Waals surface area contributed by atoms with Gasteiger partial charge in [0, 0.05) is 19.2 Å². The van der Waals surface area contributed by atoms with Crippen molar-refractivity contribution in [3.63, 3.8) is 0 Å². The summed E-state index contributed by atoms with van der Waals surface area (Å²) in [7, 11) is 0. The minimum absolute atomic E-state index is 0.562. The number of aromatic nitrogens is 2. The van der Waals surface area contributed by atoms with Crippen molar-refractivity contribution in [1.29, 1.82) is 0 Å². The molecule has 0 aliphatic rings. The highest BCUT2D eigenvalue weighted by Crippen LogP contribution is 2.12. The van der Waals surface area contributed by atoms with Gasteiger partial charge in [-0.15, -0.1) is 0 Å². The van der Waals surface area contributed by atoms with Gasteiger partial charge in [-0.3, -0.25) is 0 Å². The molecule has 5 heteroatoms. The molecule has 13 heavy (non-hydrogen) atoms. The Kier molecular flexibility index (Phi) is 2.09. The van der Waals surface area contributed by atoms with Crippen LogP contribution in [0.1, 0.15) is 0 Å². The number of fused-ring (bicyclic) bond motifs is 1. The fraction of sp³-hybridized carbons (Fsp3) is 0.250. The maximum atomic E-state index is 5.33. The van der Waals surface area contributed by atoms with Crippen LogP contribution in [0, 0.1) is 0 Å². The Hall–Kier alpha value is -1.62. The van der Waals surface area contributed by atoms with Crippen molar-refractivity contribution in [3.8, 4) is 0 Å². The van der Waals surface area contributed by atoms with E-state index in [9.17, 15) is 0 Å². The van der Waals surface area contributed by atoms with Gasteiger partial charge in [-0.1, -0.05) is 0 Å². The highest BCUT2D eigenvalue weighted by atomic mass is 16.3. The fourth-order valence-corrected chi connectivity index (χ4v) is 1.04. The van der Waals surface area contributed by atoms with Crippen LogP contribution in [0.25, 0.3) is 11.1 Å². The summed E-state index contributed by atoms with van der Waals surface area (Å²) >= 11 is 0. The third-order valence-corrected chi connectivity index (χ3v) is 1.63. The summed E-state index contributed by atoms with van der Waals surface area (Å²) in [6.07, 6.45) is 3.23. The summed E-state index contributed by atoms with van der Waals surface area (Å²) in [6, 6.07) is 1.80. The van der Waals surface area contributed by atoms with Crippen LogP contribution in [0.3, 0.4) is 0 Å². The highest BCUT2D eigenvalue weighted by Gasteiger charge is 2.00. The lowest BCUT2D eigenvalue weighted by Crippen LogP contribution is -2.14. The number of anilines is 1. The predicted molar refractivity (Wildman–Crippen MR) is 49.3 cm³/mol. The molecule has 0 aromatic carbocycles. The first-order chi connectivity index (χ1) is 6.40. The van der Waals surface area contributed by atoms with Crippen LogP contribution in [0.15, 0.2) is 22.9 Å². The SMILES string of the molecule is NCCNc1ncc2occc2n1. The molecule has 2 rings (SSSR count). The van der Waals surface area contributed by atoms with Gasteiger partial charge in [-0.05, 0) is 0 Å². The average molecular weight is 178 g/mol. The van der Waals surface area contributed by atoms with E-state index < -0.39 is 0 Å². The second kappa shape index (κ2) is 3.40. The van der Waals surface area contributed by atoms with Crippen LogP contribution in [-0.2, 0) is 0 Å². The van der Waals surface area contributed by atoms with E-state index in [1.165, 1.54) is 0 Å². The van der Waals surface area contributed by atoms with Crippen molar-refractivity contribution in [2.45, 2.75) is 0 Å². The topological polar surface area (TPSA) is 77.0 Å². The largest absolute Gasteiger partial charge is 0.461 e. The predicted octanol–water partition coefficient (Wildman–Crippen LogP) is 0.593. The van der Waals surface area contributed by atoms with Crippen molar-refractivity contribution in [2.24, 2.45) is 5.73 Å². The molecule has 0 aliphatic heterocycles. The van der Waals surface area contributed by atoms with E-state index in [4.69, 9.17) is 10.2 Å². The molecular weight excluding hydrogens is 168 g/mol. The lowest BCUT2D eigenvalue weighted by Gasteiger charge is -2.00. The molecule has 0 bridgehead atoms. The van der Waals surface area contributed by atoms with Crippen molar-refractivity contribution >= 4 is 17.0 Å². The summed E-state index contributed by atoms with van der Waals surface area (Å²) in [6.45, 7) is 1.23. The van der Waals surface area contributed by atoms with Crippen LogP contribution < -0.4 is 11.1 Å². The van der Waals surface area contributed by atoms with Crippen molar-refractivity contribution < 1.29 is 4.42 Å². The first-order valence-electron chi connectivity index (χ1n) is 4.04. The van der Waals surface area contributed by atoms with Gasteiger partial charge in [0.2, 0.25) is 5.95 Å². The molecule has 2 heterocycles. The molecule has 5 nitrogen and oxygen atoms in total. The van der Waals surface area contributed by atoms with E-state index in [2.05, 4.69) is 15.3 Å². The molecule has 0 radical (unpaired) electrons. The van der Waals surface area contributed by atoms with Crippen LogP contribution in [-0.4, -0.2) is 23.1 Å². The zero-order valence-electron chi connectivity index (χ0n) is 7.03. The Labute approximate surface area is 75.0 Å². The summed E-state index contributed by atoms with van der Waals surface area (Å²) in [5.74, 6) is 0.583. The lowest BCUT2D eigenvalue weighted by molar-refractivity contribution is 0.613. The standard InChI is InChI=1S/C8H10N4O/c9-2-3-10-8-11-5-7-6(12-8)1-4-13-7/h1,4-5H,2-3,9H2,(H,10,11,12). The van der Waals surface area contributed by atoms with Gasteiger partial charge in [0.25, 0.3) is 0 Å². The highest BCUT2D eigenvalue weighted by molar-refractivity contribution is 5.72. The Balaban J connectivity index is 2.26. The van der Waals surface area contributed by atoms with Crippen molar-refractivity contribution in [3.05, 3.63) is 18.5 Å². The van der Waals surface area contributed by atoms with Crippen LogP contribution in [0.2, 0.25) is 0 Å². The average Bonchev–Trinajstić information content (AvgIpc) is 2.61. The summed E-state index contributed by atoms with van der Waals surface area (Å²) in [4.78, 5) is 8.25. The van der Waals surface area contributed by atoms with Crippen molar-refractivity contribution in [1.82, 2.24) is 9.97 Å². The smallest absolute Gasteiger partial charge is 0.223 e. The number of furan rings is 1. The van der Waals surface area contributed by atoms with Crippen LogP contribution >= 0.6 is 0 Å². The zero-order chi connectivity index (χ0) is 9.10. The number of nitrogens with two attached hydrogens (primary N) is 1. The molecule has 0 atom stereocenters. The number of rotatable bonds is 3. The molecule has 0 aliphatic carbocycles. The molecule has 0 amide bonds. The molecule has 0 saturated heterocycles. The molecule has 68 valence electrons. The van der Waals surface area contributed by atoms with E-state index in [0.29, 0.717) is 24.6 Å². The van der Waals surface area contributed by atoms with Gasteiger partial charge >= 0.3 is 0 Å². The van der Waals surface area contributed by atoms with E-state index in [1.54, 1.807) is 18.5 Å². The van der Waals surface area contributed by atoms with E-state index in [-0.39, 0.29) is 0 Å². The first-order valence-corrected chi connectivity index (χ1v) is 4.04. The molecule has 0 fully saturated rings. The number of nitrogens with one attached hydrogen (secondary N) is 1. The normalized spacial score (nSPS) is 10.5. The second-order valence-electron chi connectivity index (χ2n) is 2.58. The van der Waals surface area contributed by atoms with Gasteiger partial charge in [-0.25, -0.2) is 9.97 Å². The van der Waals surface area contributed by atoms with Gasteiger partial charge in [0.1, 0.15) is 5.52 Å². The first kappa shape index (κ1) is 8.00. The molecule has 2 aromatic heterocycles. The zero-order valence-corrected chi connectivity index (χ0v) is 7.03. The molecule has 3 N–H and O–H groups in total. The Morgan fingerprint density at radius 1 is 1.54 bits per heavy atom.